The van der Waals surface area contributed by atoms with Gasteiger partial charge in [-0.15, -0.1) is 0 Å². The van der Waals surface area contributed by atoms with E-state index in [1.807, 2.05) is 6.07 Å². The molecule has 1 rings (SSSR count). The molecule has 0 fully saturated rings. The van der Waals surface area contributed by atoms with Gasteiger partial charge in [-0.1, -0.05) is 36.9 Å². The third kappa shape index (κ3) is 2.21. The number of sulfone groups is 1. The van der Waals surface area contributed by atoms with Gasteiger partial charge in [-0.25, -0.2) is 8.42 Å². The third-order valence-corrected chi connectivity index (χ3v) is 3.74. The molecule has 76 valence electrons. The quantitative estimate of drug-likeness (QED) is 0.815. The highest BCUT2D eigenvalue weighted by Gasteiger charge is 2.22. The van der Waals surface area contributed by atoms with Crippen molar-refractivity contribution in [3.05, 3.63) is 47.9 Å². The lowest BCUT2D eigenvalue weighted by molar-refractivity contribution is 0.591. The first-order valence-electron chi connectivity index (χ1n) is 4.23. The van der Waals surface area contributed by atoms with E-state index in [0.717, 1.165) is 5.41 Å². The Morgan fingerprint density at radius 3 is 2.36 bits per heavy atom. The Kier molecular flexibility index (Phi) is 3.43. The summed E-state index contributed by atoms with van der Waals surface area (Å²) in [6, 6.07) is 8.90. The van der Waals surface area contributed by atoms with Crippen LogP contribution < -0.4 is 5.73 Å². The van der Waals surface area contributed by atoms with Crippen LogP contribution in [0.4, 0.5) is 0 Å². The predicted molar refractivity (Wildman–Crippen MR) is 57.4 cm³/mol. The van der Waals surface area contributed by atoms with Crippen molar-refractivity contribution in [1.29, 1.82) is 0 Å². The average Bonchev–Trinajstić information content (AvgIpc) is 2.20. The van der Waals surface area contributed by atoms with Crippen molar-refractivity contribution in [2.24, 2.45) is 5.73 Å². The normalized spacial score (nSPS) is 13.5. The minimum absolute atomic E-state index is 0.0678. The second kappa shape index (κ2) is 4.39. The van der Waals surface area contributed by atoms with Gasteiger partial charge >= 0.3 is 0 Å². The van der Waals surface area contributed by atoms with Gasteiger partial charge in [-0.3, -0.25) is 0 Å². The second-order valence-electron chi connectivity index (χ2n) is 2.89. The zero-order valence-electron chi connectivity index (χ0n) is 7.76. The van der Waals surface area contributed by atoms with Gasteiger partial charge in [-0.2, -0.15) is 0 Å². The van der Waals surface area contributed by atoms with Gasteiger partial charge in [0, 0.05) is 12.0 Å². The minimum Gasteiger partial charge on any atom is -0.329 e. The summed E-state index contributed by atoms with van der Waals surface area (Å²) in [6.07, 6.45) is 0. The molecule has 1 atom stereocenters. The van der Waals surface area contributed by atoms with E-state index < -0.39 is 15.1 Å². The molecule has 14 heavy (non-hydrogen) atoms. The lowest BCUT2D eigenvalue weighted by Gasteiger charge is -2.12. The monoisotopic (exact) mass is 211 g/mol. The van der Waals surface area contributed by atoms with Crippen LogP contribution in [0.5, 0.6) is 0 Å². The largest absolute Gasteiger partial charge is 0.329 e. The maximum atomic E-state index is 11.5. The predicted octanol–water partition coefficient (Wildman–Crippen LogP) is 1.24. The van der Waals surface area contributed by atoms with Crippen LogP contribution in [0.15, 0.2) is 42.3 Å². The van der Waals surface area contributed by atoms with Crippen molar-refractivity contribution in [3.63, 3.8) is 0 Å². The number of rotatable bonds is 4. The molecule has 3 nitrogen and oxygen atoms in total. The molecule has 4 heteroatoms. The van der Waals surface area contributed by atoms with Gasteiger partial charge in [0.1, 0.15) is 5.25 Å². The summed E-state index contributed by atoms with van der Waals surface area (Å²) < 4.78 is 23.1. The van der Waals surface area contributed by atoms with Crippen LogP contribution in [0.25, 0.3) is 0 Å². The molecule has 0 aromatic heterocycles. The molecule has 0 aliphatic rings. The third-order valence-electron chi connectivity index (χ3n) is 2.01. The van der Waals surface area contributed by atoms with Gasteiger partial charge in [0.25, 0.3) is 0 Å². The van der Waals surface area contributed by atoms with Gasteiger partial charge in [0.05, 0.1) is 0 Å². The summed E-state index contributed by atoms with van der Waals surface area (Å²) in [5.74, 6) is 0. The van der Waals surface area contributed by atoms with Crippen LogP contribution in [-0.2, 0) is 9.84 Å². The maximum Gasteiger partial charge on any atom is 0.179 e. The van der Waals surface area contributed by atoms with Gasteiger partial charge in [0.15, 0.2) is 9.84 Å². The molecular formula is C10H13NO2S. The minimum atomic E-state index is -3.32. The Morgan fingerprint density at radius 2 is 1.93 bits per heavy atom. The van der Waals surface area contributed by atoms with E-state index in [1.54, 1.807) is 24.3 Å². The number of hydrogen-bond donors (Lipinski definition) is 1. The van der Waals surface area contributed by atoms with Crippen LogP contribution in [0.3, 0.4) is 0 Å². The molecule has 0 radical (unpaired) electrons. The van der Waals surface area contributed by atoms with E-state index in [-0.39, 0.29) is 6.54 Å². The highest BCUT2D eigenvalue weighted by Crippen LogP contribution is 2.21. The van der Waals surface area contributed by atoms with Crippen LogP contribution in [-0.4, -0.2) is 15.0 Å². The number of benzene rings is 1. The molecule has 0 heterocycles. The topological polar surface area (TPSA) is 60.2 Å². The van der Waals surface area contributed by atoms with E-state index in [0.29, 0.717) is 5.56 Å². The fourth-order valence-electron chi connectivity index (χ4n) is 1.24. The van der Waals surface area contributed by atoms with Crippen molar-refractivity contribution in [1.82, 2.24) is 0 Å². The first-order chi connectivity index (χ1) is 6.61. The van der Waals surface area contributed by atoms with Crippen molar-refractivity contribution in [2.75, 3.05) is 6.54 Å². The van der Waals surface area contributed by atoms with Crippen molar-refractivity contribution >= 4 is 9.84 Å². The van der Waals surface area contributed by atoms with Crippen molar-refractivity contribution < 1.29 is 8.42 Å². The molecule has 0 saturated heterocycles. The van der Waals surface area contributed by atoms with Gasteiger partial charge < -0.3 is 5.73 Å². The van der Waals surface area contributed by atoms with E-state index in [9.17, 15) is 8.42 Å². The summed E-state index contributed by atoms with van der Waals surface area (Å²) in [4.78, 5) is 0. The van der Waals surface area contributed by atoms with Crippen molar-refractivity contribution in [3.8, 4) is 0 Å². The standard InChI is InChI=1S/C10H13NO2S/c1-2-14(12,13)10(8-11)9-6-4-3-5-7-9/h2-7,10H,1,8,11H2. The summed E-state index contributed by atoms with van der Waals surface area (Å²) in [6.45, 7) is 3.35. The fraction of sp³-hybridized carbons (Fsp3) is 0.200. The average molecular weight is 211 g/mol. The zero-order valence-corrected chi connectivity index (χ0v) is 8.57. The Morgan fingerprint density at radius 1 is 1.36 bits per heavy atom. The summed E-state index contributed by atoms with van der Waals surface area (Å²) in [5, 5.41) is 0.276. The molecular weight excluding hydrogens is 198 g/mol. The van der Waals surface area contributed by atoms with E-state index in [1.165, 1.54) is 0 Å². The smallest absolute Gasteiger partial charge is 0.179 e. The number of hydrogen-bond acceptors (Lipinski definition) is 3. The van der Waals surface area contributed by atoms with Gasteiger partial charge in [-0.05, 0) is 5.56 Å². The van der Waals surface area contributed by atoms with Crippen LogP contribution in [0.2, 0.25) is 0 Å². The lowest BCUT2D eigenvalue weighted by Crippen LogP contribution is -2.20. The maximum absolute atomic E-state index is 11.5. The van der Waals surface area contributed by atoms with Gasteiger partial charge in [0.2, 0.25) is 0 Å². The van der Waals surface area contributed by atoms with E-state index in [4.69, 9.17) is 5.73 Å². The molecule has 1 aromatic rings. The first-order valence-corrected chi connectivity index (χ1v) is 5.84. The summed E-state index contributed by atoms with van der Waals surface area (Å²) in [7, 11) is -3.32. The summed E-state index contributed by atoms with van der Waals surface area (Å²) >= 11 is 0. The Bertz CT molecular complexity index is 397. The SMILES string of the molecule is C=CS(=O)(=O)C(CN)c1ccccc1. The Labute approximate surface area is 84.2 Å². The van der Waals surface area contributed by atoms with Crippen LogP contribution in [0, 0.1) is 0 Å². The number of nitrogens with two attached hydrogens (primary N) is 1. The molecule has 1 unspecified atom stereocenters. The molecule has 0 aliphatic heterocycles. The van der Waals surface area contributed by atoms with E-state index >= 15 is 0 Å². The van der Waals surface area contributed by atoms with Crippen LogP contribution in [0.1, 0.15) is 10.8 Å². The molecule has 0 amide bonds. The lowest BCUT2D eigenvalue weighted by atomic mass is 10.1. The molecule has 0 aliphatic carbocycles. The van der Waals surface area contributed by atoms with Crippen LogP contribution >= 0.6 is 0 Å². The Balaban J connectivity index is 3.12. The van der Waals surface area contributed by atoms with Crippen molar-refractivity contribution in [2.45, 2.75) is 5.25 Å². The first kappa shape index (κ1) is 10.9. The second-order valence-corrected chi connectivity index (χ2v) is 4.97. The Hall–Kier alpha value is -1.13. The molecule has 2 N–H and O–H groups in total. The highest BCUT2D eigenvalue weighted by molar-refractivity contribution is 7.94. The van der Waals surface area contributed by atoms with E-state index in [2.05, 4.69) is 6.58 Å². The molecule has 0 bridgehead atoms. The fourth-order valence-corrected chi connectivity index (χ4v) is 2.28. The molecule has 0 saturated carbocycles. The summed E-state index contributed by atoms with van der Waals surface area (Å²) in [5.41, 5.74) is 6.14. The zero-order chi connectivity index (χ0) is 10.6. The molecule has 1 aromatic carbocycles. The molecule has 0 spiro atoms. The highest BCUT2D eigenvalue weighted by atomic mass is 32.2.